The lowest BCUT2D eigenvalue weighted by molar-refractivity contribution is -0.119. The molecule has 0 aliphatic heterocycles. The Morgan fingerprint density at radius 3 is 2.47 bits per heavy atom. The summed E-state index contributed by atoms with van der Waals surface area (Å²) in [5, 5.41) is 0.149. The van der Waals surface area contributed by atoms with Gasteiger partial charge in [0.2, 0.25) is 0 Å². The molecule has 7 heteroatoms. The third-order valence-electron chi connectivity index (χ3n) is 1.98. The smallest absolute Gasteiger partial charge is 0.347 e. The van der Waals surface area contributed by atoms with Crippen molar-refractivity contribution in [3.8, 4) is 0 Å². The van der Waals surface area contributed by atoms with Crippen molar-refractivity contribution in [2.45, 2.75) is 26.4 Å². The Balaban J connectivity index is 2.96. The van der Waals surface area contributed by atoms with Gasteiger partial charge in [0, 0.05) is 12.6 Å². The fourth-order valence-electron chi connectivity index (χ4n) is 1.44. The highest BCUT2D eigenvalue weighted by Crippen LogP contribution is 2.22. The van der Waals surface area contributed by atoms with E-state index in [1.807, 2.05) is 0 Å². The molecule has 0 saturated carbocycles. The lowest BCUT2D eigenvalue weighted by Gasteiger charge is -2.24. The van der Waals surface area contributed by atoms with E-state index < -0.39 is 12.7 Å². The minimum Gasteiger partial charge on any atom is -0.347 e. The molecular weight excluding hydrogens is 255 g/mol. The van der Waals surface area contributed by atoms with E-state index in [2.05, 4.69) is 9.97 Å². The van der Waals surface area contributed by atoms with E-state index in [4.69, 9.17) is 11.6 Å². The van der Waals surface area contributed by atoms with Crippen molar-refractivity contribution < 1.29 is 13.2 Å². The lowest BCUT2D eigenvalue weighted by atomic mass is 10.3. The third kappa shape index (κ3) is 4.77. The summed E-state index contributed by atoms with van der Waals surface area (Å²) in [7, 11) is 0. The Kier molecular flexibility index (Phi) is 4.56. The van der Waals surface area contributed by atoms with Crippen LogP contribution in [-0.4, -0.2) is 29.2 Å². The Morgan fingerprint density at radius 1 is 1.35 bits per heavy atom. The molecule has 0 spiro atoms. The Labute approximate surface area is 103 Å². The van der Waals surface area contributed by atoms with Gasteiger partial charge >= 0.3 is 6.18 Å². The van der Waals surface area contributed by atoms with Gasteiger partial charge in [-0.25, -0.2) is 9.97 Å². The minimum absolute atomic E-state index is 0.149. The first-order valence-corrected chi connectivity index (χ1v) is 5.52. The van der Waals surface area contributed by atoms with Crippen LogP contribution in [0.1, 0.15) is 19.2 Å². The van der Waals surface area contributed by atoms with Crippen molar-refractivity contribution in [3.05, 3.63) is 17.0 Å². The van der Waals surface area contributed by atoms with Gasteiger partial charge in [-0.3, -0.25) is 0 Å². The van der Waals surface area contributed by atoms with Crippen LogP contribution in [0.4, 0.5) is 19.0 Å². The van der Waals surface area contributed by atoms with Crippen molar-refractivity contribution >= 4 is 17.4 Å². The topological polar surface area (TPSA) is 29.0 Å². The third-order valence-corrected chi connectivity index (χ3v) is 2.17. The highest BCUT2D eigenvalue weighted by Gasteiger charge is 2.31. The molecule has 0 amide bonds. The summed E-state index contributed by atoms with van der Waals surface area (Å²) in [4.78, 5) is 8.94. The van der Waals surface area contributed by atoms with Gasteiger partial charge in [0.15, 0.2) is 0 Å². The molecule has 0 N–H and O–H groups in total. The first-order chi connectivity index (χ1) is 7.81. The number of nitrogens with zero attached hydrogens (tertiary/aromatic N) is 3. The quantitative estimate of drug-likeness (QED) is 0.785. The molecule has 0 fully saturated rings. The van der Waals surface area contributed by atoms with Gasteiger partial charge in [-0.15, -0.1) is 0 Å². The molecule has 0 unspecified atom stereocenters. The summed E-state index contributed by atoms with van der Waals surface area (Å²) in [6.07, 6.45) is -3.67. The molecule has 0 radical (unpaired) electrons. The van der Waals surface area contributed by atoms with Crippen LogP contribution in [0.3, 0.4) is 0 Å². The largest absolute Gasteiger partial charge is 0.405 e. The average molecular weight is 268 g/mol. The van der Waals surface area contributed by atoms with E-state index in [0.717, 1.165) is 4.90 Å². The van der Waals surface area contributed by atoms with Crippen LogP contribution in [0.25, 0.3) is 0 Å². The summed E-state index contributed by atoms with van der Waals surface area (Å²) in [5.41, 5.74) is 0. The van der Waals surface area contributed by atoms with E-state index in [0.29, 0.717) is 12.2 Å². The minimum atomic E-state index is -4.26. The maximum absolute atomic E-state index is 12.4. The number of hydrogen-bond acceptors (Lipinski definition) is 3. The number of aryl methyl sites for hydroxylation is 1. The molecule has 1 heterocycles. The Morgan fingerprint density at radius 2 is 2.00 bits per heavy atom. The molecule has 0 aliphatic carbocycles. The van der Waals surface area contributed by atoms with Crippen LogP contribution < -0.4 is 4.90 Å². The van der Waals surface area contributed by atoms with Crippen LogP contribution in [0.15, 0.2) is 6.07 Å². The Hall–Kier alpha value is -1.04. The summed E-state index contributed by atoms with van der Waals surface area (Å²) in [5.74, 6) is 0.567. The van der Waals surface area contributed by atoms with Gasteiger partial charge in [0.25, 0.3) is 0 Å². The van der Waals surface area contributed by atoms with Crippen molar-refractivity contribution in [1.82, 2.24) is 9.97 Å². The number of rotatable bonds is 4. The Bertz CT molecular complexity index is 361. The first kappa shape index (κ1) is 14.0. The van der Waals surface area contributed by atoms with Crippen LogP contribution in [0.5, 0.6) is 0 Å². The van der Waals surface area contributed by atoms with E-state index in [1.165, 1.54) is 6.07 Å². The second-order valence-electron chi connectivity index (χ2n) is 3.63. The van der Waals surface area contributed by atoms with Crippen LogP contribution in [0, 0.1) is 6.92 Å². The van der Waals surface area contributed by atoms with Gasteiger partial charge < -0.3 is 4.90 Å². The first-order valence-electron chi connectivity index (χ1n) is 5.14. The number of alkyl halides is 3. The molecule has 0 atom stereocenters. The number of halogens is 4. The van der Waals surface area contributed by atoms with Gasteiger partial charge in [0.05, 0.1) is 0 Å². The molecule has 0 bridgehead atoms. The fourth-order valence-corrected chi connectivity index (χ4v) is 1.66. The zero-order chi connectivity index (χ0) is 13.1. The predicted octanol–water partition coefficient (Wildman–Crippen LogP) is 3.22. The average Bonchev–Trinajstić information content (AvgIpc) is 2.13. The maximum Gasteiger partial charge on any atom is 0.405 e. The van der Waals surface area contributed by atoms with Crippen molar-refractivity contribution in [3.63, 3.8) is 0 Å². The molecule has 3 nitrogen and oxygen atoms in total. The SMILES string of the molecule is CCCN(CC(F)(F)F)c1cc(Cl)nc(C)n1. The molecule has 17 heavy (non-hydrogen) atoms. The second kappa shape index (κ2) is 5.53. The van der Waals surface area contributed by atoms with Crippen molar-refractivity contribution in [1.29, 1.82) is 0 Å². The zero-order valence-electron chi connectivity index (χ0n) is 9.55. The normalized spacial score (nSPS) is 11.6. The number of hydrogen-bond donors (Lipinski definition) is 0. The molecule has 1 aromatic heterocycles. The maximum atomic E-state index is 12.4. The number of anilines is 1. The van der Waals surface area contributed by atoms with E-state index in [-0.39, 0.29) is 17.5 Å². The lowest BCUT2D eigenvalue weighted by Crippen LogP contribution is -2.35. The van der Waals surface area contributed by atoms with Crippen LogP contribution in [0.2, 0.25) is 5.15 Å². The molecule has 96 valence electrons. The number of aromatic nitrogens is 2. The summed E-state index contributed by atoms with van der Waals surface area (Å²) >= 11 is 5.71. The molecule has 0 aliphatic rings. The summed E-state index contributed by atoms with van der Waals surface area (Å²) in [6, 6.07) is 1.34. The van der Waals surface area contributed by atoms with Gasteiger partial charge in [-0.1, -0.05) is 18.5 Å². The summed E-state index contributed by atoms with van der Waals surface area (Å²) < 4.78 is 37.2. The fraction of sp³-hybridized carbons (Fsp3) is 0.600. The monoisotopic (exact) mass is 267 g/mol. The second-order valence-corrected chi connectivity index (χ2v) is 4.02. The highest BCUT2D eigenvalue weighted by molar-refractivity contribution is 6.29. The predicted molar refractivity (Wildman–Crippen MR) is 60.3 cm³/mol. The highest BCUT2D eigenvalue weighted by atomic mass is 35.5. The van der Waals surface area contributed by atoms with E-state index in [9.17, 15) is 13.2 Å². The van der Waals surface area contributed by atoms with E-state index >= 15 is 0 Å². The van der Waals surface area contributed by atoms with Gasteiger partial charge in [-0.2, -0.15) is 13.2 Å². The van der Waals surface area contributed by atoms with Crippen LogP contribution >= 0.6 is 11.6 Å². The van der Waals surface area contributed by atoms with E-state index in [1.54, 1.807) is 13.8 Å². The molecule has 1 aromatic rings. The van der Waals surface area contributed by atoms with Crippen LogP contribution in [-0.2, 0) is 0 Å². The van der Waals surface area contributed by atoms with Crippen molar-refractivity contribution in [2.24, 2.45) is 0 Å². The van der Waals surface area contributed by atoms with Gasteiger partial charge in [-0.05, 0) is 13.3 Å². The van der Waals surface area contributed by atoms with Crippen molar-refractivity contribution in [2.75, 3.05) is 18.0 Å². The molecule has 0 aromatic carbocycles. The summed E-state index contributed by atoms with van der Waals surface area (Å²) in [6.45, 7) is 2.63. The standard InChI is InChI=1S/C10H13ClF3N3/c1-3-4-17(6-10(12,13)14)9-5-8(11)15-7(2)16-9/h5H,3-4,6H2,1-2H3. The molecule has 0 saturated heterocycles. The zero-order valence-corrected chi connectivity index (χ0v) is 10.3. The van der Waals surface area contributed by atoms with Gasteiger partial charge in [0.1, 0.15) is 23.3 Å². The molecular formula is C10H13ClF3N3. The molecule has 1 rings (SSSR count).